The molecule has 1 N–H and O–H groups in total. The molecule has 4 rings (SSSR count). The van der Waals surface area contributed by atoms with Crippen LogP contribution in [-0.2, 0) is 4.79 Å². The van der Waals surface area contributed by atoms with E-state index in [-0.39, 0.29) is 24.4 Å². The highest BCUT2D eigenvalue weighted by Gasteiger charge is 2.32. The number of hydrogen-bond acceptors (Lipinski definition) is 5. The molecule has 0 aliphatic carbocycles. The first-order valence-corrected chi connectivity index (χ1v) is 9.70. The van der Waals surface area contributed by atoms with Gasteiger partial charge in [0.05, 0.1) is 0 Å². The van der Waals surface area contributed by atoms with Crippen molar-refractivity contribution in [2.75, 3.05) is 19.6 Å². The van der Waals surface area contributed by atoms with Crippen LogP contribution in [0.4, 0.5) is 0 Å². The van der Waals surface area contributed by atoms with Gasteiger partial charge in [0, 0.05) is 18.5 Å². The van der Waals surface area contributed by atoms with Crippen molar-refractivity contribution in [1.29, 1.82) is 0 Å². The summed E-state index contributed by atoms with van der Waals surface area (Å²) in [5.41, 5.74) is 0.935. The zero-order valence-corrected chi connectivity index (χ0v) is 16.3. The number of halogens is 1. The lowest BCUT2D eigenvalue weighted by atomic mass is 9.98. The summed E-state index contributed by atoms with van der Waals surface area (Å²) in [4.78, 5) is 19.4. The van der Waals surface area contributed by atoms with E-state index in [4.69, 9.17) is 4.52 Å². The summed E-state index contributed by atoms with van der Waals surface area (Å²) < 4.78 is 5.55. The number of amides is 1. The van der Waals surface area contributed by atoms with Crippen LogP contribution in [0, 0.1) is 5.92 Å². The van der Waals surface area contributed by atoms with Crippen molar-refractivity contribution >= 4 is 18.3 Å². The van der Waals surface area contributed by atoms with Crippen LogP contribution in [0.1, 0.15) is 50.5 Å². The smallest absolute Gasteiger partial charge is 0.249 e. The third-order valence-electron chi connectivity index (χ3n) is 5.51. The predicted molar refractivity (Wildman–Crippen MR) is 105 cm³/mol. The highest BCUT2D eigenvalue weighted by atomic mass is 35.5. The highest BCUT2D eigenvalue weighted by molar-refractivity contribution is 5.85. The van der Waals surface area contributed by atoms with Gasteiger partial charge in [-0.1, -0.05) is 35.5 Å². The predicted octanol–water partition coefficient (Wildman–Crippen LogP) is 3.60. The number of benzene rings is 1. The maximum absolute atomic E-state index is 12.8. The maximum Gasteiger partial charge on any atom is 0.249 e. The first-order valence-electron chi connectivity index (χ1n) is 9.70. The second-order valence-electron chi connectivity index (χ2n) is 7.32. The molecule has 0 bridgehead atoms. The Morgan fingerprint density at radius 1 is 1.22 bits per heavy atom. The van der Waals surface area contributed by atoms with Crippen LogP contribution in [0.15, 0.2) is 34.9 Å². The van der Waals surface area contributed by atoms with Crippen LogP contribution < -0.4 is 5.32 Å². The zero-order valence-electron chi connectivity index (χ0n) is 15.5. The second-order valence-corrected chi connectivity index (χ2v) is 7.32. The van der Waals surface area contributed by atoms with Crippen molar-refractivity contribution in [3.05, 3.63) is 36.2 Å². The molecule has 2 aliphatic heterocycles. The Balaban J connectivity index is 0.00000210. The van der Waals surface area contributed by atoms with Crippen LogP contribution in [0.2, 0.25) is 0 Å². The quantitative estimate of drug-likeness (QED) is 0.844. The summed E-state index contributed by atoms with van der Waals surface area (Å²) in [5, 5.41) is 7.50. The number of nitrogens with one attached hydrogen (secondary N) is 1. The first kappa shape index (κ1) is 19.8. The summed E-state index contributed by atoms with van der Waals surface area (Å²) in [6, 6.07) is 9.73. The van der Waals surface area contributed by atoms with Gasteiger partial charge >= 0.3 is 0 Å². The van der Waals surface area contributed by atoms with Crippen LogP contribution >= 0.6 is 12.4 Å². The van der Waals surface area contributed by atoms with Crippen molar-refractivity contribution in [2.45, 2.75) is 44.6 Å². The van der Waals surface area contributed by atoms with Gasteiger partial charge in [0.25, 0.3) is 0 Å². The van der Waals surface area contributed by atoms with Gasteiger partial charge in [-0.3, -0.25) is 4.79 Å². The number of rotatable bonds is 5. The lowest BCUT2D eigenvalue weighted by Crippen LogP contribution is -2.38. The Hall–Kier alpha value is -1.92. The first-order chi connectivity index (χ1) is 12.8. The number of piperidine rings is 1. The molecular weight excluding hydrogens is 364 g/mol. The molecule has 2 fully saturated rings. The second kappa shape index (κ2) is 9.33. The lowest BCUT2D eigenvalue weighted by Gasteiger charge is -2.33. The van der Waals surface area contributed by atoms with E-state index in [2.05, 4.69) is 15.5 Å². The van der Waals surface area contributed by atoms with E-state index in [1.54, 1.807) is 0 Å². The minimum atomic E-state index is -0.0806. The summed E-state index contributed by atoms with van der Waals surface area (Å²) in [7, 11) is 0. The van der Waals surface area contributed by atoms with Crippen molar-refractivity contribution in [3.8, 4) is 11.4 Å². The molecule has 2 saturated heterocycles. The molecule has 2 aliphatic rings. The van der Waals surface area contributed by atoms with E-state index in [0.29, 0.717) is 24.1 Å². The minimum absolute atomic E-state index is 0. The largest absolute Gasteiger partial charge is 0.337 e. The molecule has 0 saturated carbocycles. The molecule has 27 heavy (non-hydrogen) atoms. The molecule has 2 aromatic rings. The van der Waals surface area contributed by atoms with Crippen LogP contribution in [0.5, 0.6) is 0 Å². The van der Waals surface area contributed by atoms with E-state index in [1.807, 2.05) is 35.2 Å². The molecule has 146 valence electrons. The maximum atomic E-state index is 12.8. The fraction of sp³-hybridized carbons (Fsp3) is 0.550. The monoisotopic (exact) mass is 390 g/mol. The Morgan fingerprint density at radius 2 is 2.07 bits per heavy atom. The average molecular weight is 391 g/mol. The fourth-order valence-electron chi connectivity index (χ4n) is 3.99. The van der Waals surface area contributed by atoms with Gasteiger partial charge in [-0.15, -0.1) is 12.4 Å². The Bertz CT molecular complexity index is 731. The third-order valence-corrected chi connectivity index (χ3v) is 5.51. The van der Waals surface area contributed by atoms with Crippen molar-refractivity contribution in [3.63, 3.8) is 0 Å². The molecule has 2 atom stereocenters. The number of hydrogen-bond donors (Lipinski definition) is 1. The topological polar surface area (TPSA) is 71.3 Å². The Kier molecular flexibility index (Phi) is 6.85. The van der Waals surface area contributed by atoms with E-state index in [1.165, 1.54) is 6.42 Å². The third kappa shape index (κ3) is 4.68. The molecule has 0 spiro atoms. The summed E-state index contributed by atoms with van der Waals surface area (Å²) in [6.45, 7) is 2.91. The molecular formula is C20H27ClN4O2. The SMILES string of the molecule is Cl.O=C(CCC1CCNC1)N1CCCCC1c1nc(-c2ccccc2)no1. The molecule has 7 heteroatoms. The molecule has 1 aromatic carbocycles. The summed E-state index contributed by atoms with van der Waals surface area (Å²) in [6.07, 6.45) is 5.79. The van der Waals surface area contributed by atoms with Crippen LogP contribution in [0.3, 0.4) is 0 Å². The van der Waals surface area contributed by atoms with Gasteiger partial charge in [-0.25, -0.2) is 0 Å². The number of likely N-dealkylation sites (tertiary alicyclic amines) is 1. The summed E-state index contributed by atoms with van der Waals surface area (Å²) >= 11 is 0. The van der Waals surface area contributed by atoms with Gasteiger partial charge in [0.2, 0.25) is 17.6 Å². The van der Waals surface area contributed by atoms with Crippen LogP contribution in [0.25, 0.3) is 11.4 Å². The van der Waals surface area contributed by atoms with Gasteiger partial charge in [0.15, 0.2) is 0 Å². The van der Waals surface area contributed by atoms with Gasteiger partial charge in [0.1, 0.15) is 6.04 Å². The fourth-order valence-corrected chi connectivity index (χ4v) is 3.99. The highest BCUT2D eigenvalue weighted by Crippen LogP contribution is 2.32. The minimum Gasteiger partial charge on any atom is -0.337 e. The molecule has 1 amide bonds. The Morgan fingerprint density at radius 3 is 2.85 bits per heavy atom. The number of aromatic nitrogens is 2. The average Bonchev–Trinajstić information content (AvgIpc) is 3.39. The standard InChI is InChI=1S/C20H26N4O2.ClH/c25-18(10-9-15-11-12-21-14-15)24-13-5-4-8-17(24)20-22-19(23-26-20)16-6-2-1-3-7-16;/h1-3,6-7,15,17,21H,4-5,8-14H2;1H. The van der Waals surface area contributed by atoms with Crippen molar-refractivity contribution in [1.82, 2.24) is 20.4 Å². The molecule has 0 radical (unpaired) electrons. The molecule has 6 nitrogen and oxygen atoms in total. The summed E-state index contributed by atoms with van der Waals surface area (Å²) in [5.74, 6) is 2.02. The Labute approximate surface area is 166 Å². The van der Waals surface area contributed by atoms with E-state index >= 15 is 0 Å². The zero-order chi connectivity index (χ0) is 17.8. The van der Waals surface area contributed by atoms with Crippen LogP contribution in [-0.4, -0.2) is 40.6 Å². The van der Waals surface area contributed by atoms with E-state index in [0.717, 1.165) is 50.9 Å². The molecule has 2 unspecified atom stereocenters. The van der Waals surface area contributed by atoms with E-state index in [9.17, 15) is 4.79 Å². The van der Waals surface area contributed by atoms with Crippen molar-refractivity contribution in [2.24, 2.45) is 5.92 Å². The number of carbonyl (C=O) groups is 1. The molecule has 1 aromatic heterocycles. The van der Waals surface area contributed by atoms with Crippen molar-refractivity contribution < 1.29 is 9.32 Å². The van der Waals surface area contributed by atoms with Gasteiger partial charge in [-0.05, 0) is 51.1 Å². The van der Waals surface area contributed by atoms with E-state index < -0.39 is 0 Å². The molecule has 3 heterocycles. The lowest BCUT2D eigenvalue weighted by molar-refractivity contribution is -0.136. The van der Waals surface area contributed by atoms with Gasteiger partial charge in [-0.2, -0.15) is 4.98 Å². The van der Waals surface area contributed by atoms with Gasteiger partial charge < -0.3 is 14.7 Å². The number of carbonyl (C=O) groups excluding carboxylic acids is 1. The number of nitrogens with zero attached hydrogens (tertiary/aromatic N) is 3. The normalized spacial score (nSPS) is 22.4.